The maximum atomic E-state index is 12.9. The van der Waals surface area contributed by atoms with Crippen molar-refractivity contribution < 1.29 is 18.7 Å². The van der Waals surface area contributed by atoms with Crippen LogP contribution in [0.5, 0.6) is 0 Å². The Balaban J connectivity index is 1.24. The van der Waals surface area contributed by atoms with Gasteiger partial charge in [0.1, 0.15) is 18.6 Å². The molecule has 2 saturated carbocycles. The number of carbonyl (C=O) groups excluding carboxylic acids is 2. The third kappa shape index (κ3) is 3.65. The summed E-state index contributed by atoms with van der Waals surface area (Å²) in [5, 5.41) is 9.53. The topological polar surface area (TPSA) is 80.6 Å². The fourth-order valence-corrected chi connectivity index (χ4v) is 5.83. The van der Waals surface area contributed by atoms with Crippen LogP contribution in [0, 0.1) is 11.3 Å². The van der Waals surface area contributed by atoms with Crippen LogP contribution in [0.25, 0.3) is 5.69 Å². The number of hydrogen-bond acceptors (Lipinski definition) is 5. The Morgan fingerprint density at radius 1 is 1.21 bits per heavy atom. The molecule has 10 heteroatoms. The first-order valence-electron chi connectivity index (χ1n) is 11.9. The summed E-state index contributed by atoms with van der Waals surface area (Å²) in [6.07, 6.45) is 2.62. The van der Waals surface area contributed by atoms with Gasteiger partial charge in [-0.25, -0.2) is 9.18 Å². The first kappa shape index (κ1) is 21.8. The number of hydrogen-bond donors (Lipinski definition) is 0. The second-order valence-corrected chi connectivity index (χ2v) is 10.8. The summed E-state index contributed by atoms with van der Waals surface area (Å²) in [7, 11) is 0. The summed E-state index contributed by atoms with van der Waals surface area (Å²) in [5.41, 5.74) is 1.96. The van der Waals surface area contributed by atoms with E-state index >= 15 is 0 Å². The number of halogens is 2. The van der Waals surface area contributed by atoms with E-state index in [1.165, 1.54) is 11.8 Å². The number of amides is 2. The summed E-state index contributed by atoms with van der Waals surface area (Å²) in [5.74, 6) is 2.36. The predicted molar refractivity (Wildman–Crippen MR) is 121 cm³/mol. The molecule has 6 rings (SSSR count). The zero-order valence-electron chi connectivity index (χ0n) is 19.0. The van der Waals surface area contributed by atoms with Crippen molar-refractivity contribution in [2.24, 2.45) is 11.3 Å². The Bertz CT molecular complexity index is 1150. The lowest BCUT2D eigenvalue weighted by Crippen LogP contribution is -2.63. The molecular weight excluding hydrogens is 461 g/mol. The molecule has 0 unspecified atom stereocenters. The average molecular weight is 488 g/mol. The van der Waals surface area contributed by atoms with Crippen molar-refractivity contribution in [3.8, 4) is 5.69 Å². The van der Waals surface area contributed by atoms with Gasteiger partial charge in [0.2, 0.25) is 5.91 Å². The van der Waals surface area contributed by atoms with E-state index in [1.54, 1.807) is 0 Å². The Hall–Kier alpha value is -2.68. The molecule has 2 aromatic rings. The van der Waals surface area contributed by atoms with Crippen LogP contribution in [0.2, 0.25) is 5.02 Å². The van der Waals surface area contributed by atoms with Crippen LogP contribution in [0.1, 0.15) is 55.7 Å². The lowest BCUT2D eigenvalue weighted by molar-refractivity contribution is -0.153. The van der Waals surface area contributed by atoms with E-state index in [2.05, 4.69) is 10.2 Å². The highest BCUT2D eigenvalue weighted by molar-refractivity contribution is 6.30. The quantitative estimate of drug-likeness (QED) is 0.654. The minimum absolute atomic E-state index is 0.202. The largest absolute Gasteiger partial charge is 0.444 e. The van der Waals surface area contributed by atoms with E-state index in [1.807, 2.05) is 27.7 Å². The van der Waals surface area contributed by atoms with Gasteiger partial charge in [-0.3, -0.25) is 14.3 Å². The molecule has 34 heavy (non-hydrogen) atoms. The van der Waals surface area contributed by atoms with Crippen molar-refractivity contribution in [3.05, 3.63) is 40.4 Å². The summed E-state index contributed by atoms with van der Waals surface area (Å²) < 4.78 is 20.2. The minimum Gasteiger partial charge on any atom is -0.444 e. The van der Waals surface area contributed by atoms with E-state index in [4.69, 9.17) is 16.3 Å². The molecular formula is C24H27ClFN5O3. The van der Waals surface area contributed by atoms with Gasteiger partial charge >= 0.3 is 6.09 Å². The van der Waals surface area contributed by atoms with Crippen molar-refractivity contribution >= 4 is 23.6 Å². The summed E-state index contributed by atoms with van der Waals surface area (Å²) in [6.45, 7) is 2.96. The van der Waals surface area contributed by atoms with Gasteiger partial charge in [0.05, 0.1) is 18.8 Å². The fourth-order valence-electron chi connectivity index (χ4n) is 5.63. The highest BCUT2D eigenvalue weighted by atomic mass is 35.5. The SMILES string of the molecule is C[C@H](CF)OC(=O)N1Cc2cc(Cl)ccc2-n2c(nnc2C2CC3(C2)CN(C(=O)C2CC2)C3)C1. The maximum absolute atomic E-state index is 12.9. The molecule has 2 aliphatic heterocycles. The van der Waals surface area contributed by atoms with Crippen molar-refractivity contribution in [2.45, 2.75) is 57.7 Å². The van der Waals surface area contributed by atoms with Crippen LogP contribution in [-0.2, 0) is 22.6 Å². The van der Waals surface area contributed by atoms with E-state index in [0.717, 1.165) is 55.8 Å². The second kappa shape index (κ2) is 7.93. The Kier molecular flexibility index (Phi) is 5.09. The molecule has 0 bridgehead atoms. The number of alkyl halides is 1. The van der Waals surface area contributed by atoms with Gasteiger partial charge in [-0.2, -0.15) is 0 Å². The fraction of sp³-hybridized carbons (Fsp3) is 0.583. The maximum Gasteiger partial charge on any atom is 0.410 e. The van der Waals surface area contributed by atoms with Gasteiger partial charge in [-0.1, -0.05) is 11.6 Å². The molecule has 0 radical (unpaired) electrons. The summed E-state index contributed by atoms with van der Waals surface area (Å²) >= 11 is 6.28. The number of rotatable bonds is 4. The number of aromatic nitrogens is 3. The van der Waals surface area contributed by atoms with Crippen LogP contribution < -0.4 is 0 Å². The summed E-state index contributed by atoms with van der Waals surface area (Å²) in [6, 6.07) is 5.59. The summed E-state index contributed by atoms with van der Waals surface area (Å²) in [4.78, 5) is 28.6. The zero-order chi connectivity index (χ0) is 23.6. The zero-order valence-corrected chi connectivity index (χ0v) is 19.8. The normalized spacial score (nSPS) is 21.7. The van der Waals surface area contributed by atoms with Gasteiger partial charge in [-0.15, -0.1) is 10.2 Å². The molecule has 1 saturated heterocycles. The van der Waals surface area contributed by atoms with Gasteiger partial charge in [0, 0.05) is 35.4 Å². The van der Waals surface area contributed by atoms with Gasteiger partial charge in [0.15, 0.2) is 5.82 Å². The standard InChI is InChI=1S/C24H27ClFN5O3/c1-14(9-26)34-23(33)29-10-16-6-18(25)4-5-19(16)31-20(11-29)27-28-21(31)17-7-24(8-17)12-30(13-24)22(32)15-2-3-15/h4-6,14-15,17H,2-3,7-13H2,1H3/t14-/m1/s1. The number of fused-ring (bicyclic) bond motifs is 3. The Morgan fingerprint density at radius 3 is 2.68 bits per heavy atom. The highest BCUT2D eigenvalue weighted by Crippen LogP contribution is 2.56. The highest BCUT2D eigenvalue weighted by Gasteiger charge is 2.56. The second-order valence-electron chi connectivity index (χ2n) is 10.4. The van der Waals surface area contributed by atoms with Crippen molar-refractivity contribution in [3.63, 3.8) is 0 Å². The van der Waals surface area contributed by atoms with Crippen LogP contribution >= 0.6 is 11.6 Å². The monoisotopic (exact) mass is 487 g/mol. The number of carbonyl (C=O) groups is 2. The van der Waals surface area contributed by atoms with Crippen LogP contribution in [0.3, 0.4) is 0 Å². The van der Waals surface area contributed by atoms with Gasteiger partial charge in [-0.05, 0) is 56.4 Å². The van der Waals surface area contributed by atoms with Gasteiger partial charge in [0.25, 0.3) is 0 Å². The molecule has 3 fully saturated rings. The van der Waals surface area contributed by atoms with Crippen molar-refractivity contribution in [2.75, 3.05) is 19.8 Å². The van der Waals surface area contributed by atoms with Crippen LogP contribution in [0.4, 0.5) is 9.18 Å². The van der Waals surface area contributed by atoms with Crippen molar-refractivity contribution in [1.29, 1.82) is 0 Å². The molecule has 1 aromatic carbocycles. The van der Waals surface area contributed by atoms with E-state index < -0.39 is 18.9 Å². The Morgan fingerprint density at radius 2 is 1.97 bits per heavy atom. The number of ether oxygens (including phenoxy) is 1. The first-order valence-corrected chi connectivity index (χ1v) is 12.3. The first-order chi connectivity index (χ1) is 16.4. The van der Waals surface area contributed by atoms with E-state index in [-0.39, 0.29) is 30.3 Å². The third-order valence-corrected chi connectivity index (χ3v) is 7.76. The van der Waals surface area contributed by atoms with E-state index in [0.29, 0.717) is 16.8 Å². The number of benzene rings is 1. The molecule has 8 nitrogen and oxygen atoms in total. The Labute approximate surface area is 202 Å². The lowest BCUT2D eigenvalue weighted by atomic mass is 9.57. The van der Waals surface area contributed by atoms with Crippen LogP contribution in [0.15, 0.2) is 18.2 Å². The molecule has 1 spiro atoms. The van der Waals surface area contributed by atoms with Gasteiger partial charge < -0.3 is 9.64 Å². The molecule has 1 atom stereocenters. The van der Waals surface area contributed by atoms with Crippen LogP contribution in [-0.4, -0.2) is 62.4 Å². The molecule has 180 valence electrons. The number of nitrogens with zero attached hydrogens (tertiary/aromatic N) is 5. The average Bonchev–Trinajstić information content (AvgIpc) is 3.55. The predicted octanol–water partition coefficient (Wildman–Crippen LogP) is 3.85. The molecule has 1 aromatic heterocycles. The van der Waals surface area contributed by atoms with E-state index in [9.17, 15) is 14.0 Å². The number of likely N-dealkylation sites (tertiary alicyclic amines) is 1. The lowest BCUT2D eigenvalue weighted by Gasteiger charge is -2.58. The molecule has 4 aliphatic rings. The molecule has 2 amide bonds. The molecule has 0 N–H and O–H groups in total. The molecule has 3 heterocycles. The molecule has 2 aliphatic carbocycles. The minimum atomic E-state index is -0.817. The third-order valence-electron chi connectivity index (χ3n) is 7.52. The smallest absolute Gasteiger partial charge is 0.410 e. The van der Waals surface area contributed by atoms with Crippen molar-refractivity contribution in [1.82, 2.24) is 24.6 Å².